The van der Waals surface area contributed by atoms with Crippen LogP contribution >= 0.6 is 0 Å². The minimum absolute atomic E-state index is 0.0670. The van der Waals surface area contributed by atoms with Crippen molar-refractivity contribution in [1.82, 2.24) is 15.1 Å². The Labute approximate surface area is 222 Å². The van der Waals surface area contributed by atoms with E-state index < -0.39 is 17.7 Å². The molecular weight excluding hydrogens is 482 g/mol. The number of hydrogen-bond donors (Lipinski definition) is 2. The Morgan fingerprint density at radius 3 is 2.32 bits per heavy atom. The van der Waals surface area contributed by atoms with Crippen molar-refractivity contribution in [3.05, 3.63) is 95.6 Å². The zero-order chi connectivity index (χ0) is 26.5. The van der Waals surface area contributed by atoms with E-state index in [9.17, 15) is 14.7 Å². The fourth-order valence-electron chi connectivity index (χ4n) is 4.92. The number of carbonyl (C=O) groups excluding carboxylic acids is 2. The smallest absolute Gasteiger partial charge is 0.295 e. The normalized spacial score (nSPS) is 19.5. The van der Waals surface area contributed by atoms with Gasteiger partial charge >= 0.3 is 0 Å². The lowest BCUT2D eigenvalue weighted by Gasteiger charge is -2.31. The Kier molecular flexibility index (Phi) is 7.72. The average molecular weight is 514 g/mol. The molecule has 3 aromatic carbocycles. The number of hydrogen-bond acceptors (Lipinski definition) is 7. The second-order valence-electron chi connectivity index (χ2n) is 9.30. The van der Waals surface area contributed by atoms with Crippen LogP contribution in [-0.4, -0.2) is 73.0 Å². The van der Waals surface area contributed by atoms with Crippen LogP contribution in [0.25, 0.3) is 5.76 Å². The quantitative estimate of drug-likeness (QED) is 0.269. The van der Waals surface area contributed by atoms with Crippen LogP contribution in [0.4, 0.5) is 0 Å². The molecule has 0 aliphatic carbocycles. The predicted octanol–water partition coefficient (Wildman–Crippen LogP) is 3.81. The van der Waals surface area contributed by atoms with E-state index in [1.807, 2.05) is 54.6 Å². The van der Waals surface area contributed by atoms with Crippen molar-refractivity contribution < 1.29 is 24.2 Å². The lowest BCUT2D eigenvalue weighted by Crippen LogP contribution is -2.46. The molecule has 2 heterocycles. The maximum Gasteiger partial charge on any atom is 0.295 e. The fraction of sp³-hybridized carbons (Fsp3) is 0.267. The summed E-state index contributed by atoms with van der Waals surface area (Å²) in [6, 6.07) is 22.7. The molecule has 2 aliphatic rings. The summed E-state index contributed by atoms with van der Waals surface area (Å²) in [6.07, 6.45) is 0. The third-order valence-corrected chi connectivity index (χ3v) is 6.92. The van der Waals surface area contributed by atoms with E-state index in [1.165, 1.54) is 0 Å². The lowest BCUT2D eigenvalue weighted by atomic mass is 9.95. The molecule has 3 aromatic rings. The van der Waals surface area contributed by atoms with Crippen LogP contribution in [0.2, 0.25) is 0 Å². The molecule has 0 radical (unpaired) electrons. The van der Waals surface area contributed by atoms with Crippen LogP contribution in [0.5, 0.6) is 17.2 Å². The second kappa shape index (κ2) is 11.5. The number of ketones is 1. The molecule has 8 heteroatoms. The number of methoxy groups -OCH3 is 1. The van der Waals surface area contributed by atoms with Crippen molar-refractivity contribution in [2.24, 2.45) is 0 Å². The predicted molar refractivity (Wildman–Crippen MR) is 144 cm³/mol. The SMILES string of the molecule is COc1ccc(C(O)=C2C(=O)C(=O)N(CCN3CCNCC3)[C@@H]2c2cccc(Oc3ccccc3)c2)cc1. The van der Waals surface area contributed by atoms with Crippen molar-refractivity contribution >= 4 is 17.4 Å². The summed E-state index contributed by atoms with van der Waals surface area (Å²) in [5, 5.41) is 14.7. The second-order valence-corrected chi connectivity index (χ2v) is 9.30. The number of likely N-dealkylation sites (tertiary alicyclic amines) is 1. The van der Waals surface area contributed by atoms with Crippen LogP contribution in [0, 0.1) is 0 Å². The van der Waals surface area contributed by atoms with Crippen molar-refractivity contribution in [3.8, 4) is 17.2 Å². The molecule has 5 rings (SSSR count). The highest BCUT2D eigenvalue weighted by Gasteiger charge is 2.46. The molecule has 0 bridgehead atoms. The van der Waals surface area contributed by atoms with E-state index in [4.69, 9.17) is 9.47 Å². The Bertz CT molecular complexity index is 1320. The zero-order valence-corrected chi connectivity index (χ0v) is 21.3. The zero-order valence-electron chi connectivity index (χ0n) is 21.3. The van der Waals surface area contributed by atoms with Crippen molar-refractivity contribution in [1.29, 1.82) is 0 Å². The Morgan fingerprint density at radius 1 is 0.895 bits per heavy atom. The third-order valence-electron chi connectivity index (χ3n) is 6.92. The van der Waals surface area contributed by atoms with Crippen LogP contribution in [0.15, 0.2) is 84.4 Å². The molecule has 1 atom stereocenters. The van der Waals surface area contributed by atoms with Crippen LogP contribution < -0.4 is 14.8 Å². The van der Waals surface area contributed by atoms with Crippen LogP contribution in [0.1, 0.15) is 17.2 Å². The number of ether oxygens (including phenoxy) is 2. The maximum absolute atomic E-state index is 13.4. The number of aliphatic hydroxyl groups excluding tert-OH is 1. The lowest BCUT2D eigenvalue weighted by molar-refractivity contribution is -0.140. The summed E-state index contributed by atoms with van der Waals surface area (Å²) in [5.41, 5.74) is 1.19. The number of nitrogens with one attached hydrogen (secondary N) is 1. The monoisotopic (exact) mass is 513 g/mol. The van der Waals surface area contributed by atoms with Gasteiger partial charge in [0.15, 0.2) is 0 Å². The minimum Gasteiger partial charge on any atom is -0.507 e. The molecule has 38 heavy (non-hydrogen) atoms. The molecule has 2 aliphatic heterocycles. The summed E-state index contributed by atoms with van der Waals surface area (Å²) < 4.78 is 11.3. The highest BCUT2D eigenvalue weighted by Crippen LogP contribution is 2.40. The van der Waals surface area contributed by atoms with Crippen LogP contribution in [0.3, 0.4) is 0 Å². The van der Waals surface area contributed by atoms with Crippen molar-refractivity contribution in [2.45, 2.75) is 6.04 Å². The summed E-state index contributed by atoms with van der Waals surface area (Å²) in [7, 11) is 1.56. The van der Waals surface area contributed by atoms with Gasteiger partial charge < -0.3 is 24.8 Å². The molecule has 0 spiro atoms. The van der Waals surface area contributed by atoms with Crippen LogP contribution in [-0.2, 0) is 9.59 Å². The Balaban J connectivity index is 1.53. The Hall–Kier alpha value is -4.14. The number of aliphatic hydroxyl groups is 1. The van der Waals surface area contributed by atoms with Gasteiger partial charge in [0.05, 0.1) is 18.7 Å². The van der Waals surface area contributed by atoms with E-state index in [2.05, 4.69) is 10.2 Å². The Morgan fingerprint density at radius 2 is 1.61 bits per heavy atom. The number of rotatable bonds is 8. The van der Waals surface area contributed by atoms with Gasteiger partial charge in [-0.3, -0.25) is 14.5 Å². The molecule has 196 valence electrons. The van der Waals surface area contributed by atoms with E-state index in [1.54, 1.807) is 36.3 Å². The van der Waals surface area contributed by atoms with Gasteiger partial charge in [0.2, 0.25) is 0 Å². The summed E-state index contributed by atoms with van der Waals surface area (Å²) >= 11 is 0. The standard InChI is InChI=1S/C30H31N3O5/c1-37-23-12-10-21(11-13-23)28(34)26-27(22-6-5-9-25(20-22)38-24-7-3-2-4-8-24)33(30(36)29(26)35)19-18-32-16-14-31-15-17-32/h2-13,20,27,31,34H,14-19H2,1H3/t27-/m1/s1. The maximum atomic E-state index is 13.4. The number of para-hydroxylation sites is 1. The first-order valence-corrected chi connectivity index (χ1v) is 12.7. The molecule has 0 aromatic heterocycles. The van der Waals surface area contributed by atoms with Gasteiger partial charge in [-0.25, -0.2) is 0 Å². The van der Waals surface area contributed by atoms with E-state index in [0.717, 1.165) is 26.2 Å². The van der Waals surface area contributed by atoms with Gasteiger partial charge in [0, 0.05) is 44.8 Å². The molecule has 0 unspecified atom stereocenters. The summed E-state index contributed by atoms with van der Waals surface area (Å²) in [6.45, 7) is 4.52. The number of nitrogens with zero attached hydrogens (tertiary/aromatic N) is 2. The number of benzene rings is 3. The number of amides is 1. The van der Waals surface area contributed by atoms with Gasteiger partial charge in [-0.15, -0.1) is 0 Å². The van der Waals surface area contributed by atoms with Gasteiger partial charge in [-0.05, 0) is 54.1 Å². The number of Topliss-reactive ketones (excluding diaryl/α,β-unsaturated/α-hetero) is 1. The first-order chi connectivity index (χ1) is 18.5. The topological polar surface area (TPSA) is 91.3 Å². The van der Waals surface area contributed by atoms with Crippen molar-refractivity contribution in [2.75, 3.05) is 46.4 Å². The molecule has 2 fully saturated rings. The number of carbonyl (C=O) groups is 2. The average Bonchev–Trinajstić information content (AvgIpc) is 3.22. The summed E-state index contributed by atoms with van der Waals surface area (Å²) in [4.78, 5) is 30.5. The van der Waals surface area contributed by atoms with Crippen molar-refractivity contribution in [3.63, 3.8) is 0 Å². The highest BCUT2D eigenvalue weighted by atomic mass is 16.5. The minimum atomic E-state index is -0.751. The van der Waals surface area contributed by atoms with E-state index in [-0.39, 0.29) is 11.3 Å². The van der Waals surface area contributed by atoms with E-state index in [0.29, 0.717) is 41.5 Å². The molecule has 2 saturated heterocycles. The van der Waals surface area contributed by atoms with E-state index >= 15 is 0 Å². The largest absolute Gasteiger partial charge is 0.507 e. The van der Waals surface area contributed by atoms with Gasteiger partial charge in [0.25, 0.3) is 11.7 Å². The first kappa shape index (κ1) is 25.5. The number of piperazine rings is 1. The first-order valence-electron chi connectivity index (χ1n) is 12.7. The van der Waals surface area contributed by atoms with Gasteiger partial charge in [-0.1, -0.05) is 30.3 Å². The third kappa shape index (κ3) is 5.41. The van der Waals surface area contributed by atoms with Gasteiger partial charge in [0.1, 0.15) is 23.0 Å². The molecule has 0 saturated carbocycles. The molecule has 8 nitrogen and oxygen atoms in total. The molecule has 1 amide bonds. The summed E-state index contributed by atoms with van der Waals surface area (Å²) in [5.74, 6) is 0.351. The molecular formula is C30H31N3O5. The fourth-order valence-corrected chi connectivity index (χ4v) is 4.92. The molecule has 2 N–H and O–H groups in total. The van der Waals surface area contributed by atoms with Gasteiger partial charge in [-0.2, -0.15) is 0 Å². The highest BCUT2D eigenvalue weighted by molar-refractivity contribution is 6.46.